The van der Waals surface area contributed by atoms with Gasteiger partial charge in [0.1, 0.15) is 5.01 Å². The van der Waals surface area contributed by atoms with E-state index < -0.39 is 5.91 Å². The number of carbonyl (C=O) groups excluding carboxylic acids is 3. The molecule has 5 rings (SSSR count). The van der Waals surface area contributed by atoms with Gasteiger partial charge in [-0.25, -0.2) is 4.90 Å². The van der Waals surface area contributed by atoms with Crippen LogP contribution in [0.15, 0.2) is 36.4 Å². The molecule has 0 aliphatic carbocycles. The van der Waals surface area contributed by atoms with E-state index in [0.717, 1.165) is 21.3 Å². The summed E-state index contributed by atoms with van der Waals surface area (Å²) >= 11 is 1.54. The summed E-state index contributed by atoms with van der Waals surface area (Å²) in [6.45, 7) is 8.15. The van der Waals surface area contributed by atoms with Crippen molar-refractivity contribution in [2.75, 3.05) is 36.0 Å². The Morgan fingerprint density at radius 1 is 0.879 bits per heavy atom. The fraction of sp³-hybridized carbons (Fsp3) is 0.292. The predicted octanol–water partition coefficient (Wildman–Crippen LogP) is 3.23. The lowest BCUT2D eigenvalue weighted by atomic mass is 10.0. The summed E-state index contributed by atoms with van der Waals surface area (Å²) in [6, 6.07) is 10.5. The van der Waals surface area contributed by atoms with Crippen LogP contribution < -0.4 is 9.80 Å². The molecule has 0 saturated carbocycles. The molecule has 33 heavy (non-hydrogen) atoms. The van der Waals surface area contributed by atoms with E-state index in [4.69, 9.17) is 0 Å². The van der Waals surface area contributed by atoms with Gasteiger partial charge in [-0.2, -0.15) is 0 Å². The molecule has 0 N–H and O–H groups in total. The Kier molecular flexibility index (Phi) is 5.20. The number of hydrogen-bond acceptors (Lipinski definition) is 7. The van der Waals surface area contributed by atoms with Crippen molar-refractivity contribution in [1.29, 1.82) is 0 Å². The average molecular weight is 462 g/mol. The van der Waals surface area contributed by atoms with Crippen molar-refractivity contribution < 1.29 is 14.4 Å². The first kappa shape index (κ1) is 21.3. The van der Waals surface area contributed by atoms with Crippen LogP contribution in [-0.4, -0.2) is 59.0 Å². The minimum atomic E-state index is -0.394. The van der Waals surface area contributed by atoms with E-state index >= 15 is 0 Å². The third-order valence-electron chi connectivity index (χ3n) is 6.09. The molecule has 0 radical (unpaired) electrons. The van der Waals surface area contributed by atoms with Gasteiger partial charge in [-0.15, -0.1) is 10.2 Å². The predicted molar refractivity (Wildman–Crippen MR) is 126 cm³/mol. The maximum Gasteiger partial charge on any atom is 0.266 e. The van der Waals surface area contributed by atoms with Crippen molar-refractivity contribution in [2.24, 2.45) is 0 Å². The minimum Gasteiger partial charge on any atom is -0.343 e. The Morgan fingerprint density at radius 2 is 1.61 bits per heavy atom. The maximum atomic E-state index is 13.2. The molecular formula is C24H23N5O3S. The fourth-order valence-electron chi connectivity index (χ4n) is 4.25. The molecule has 9 heteroatoms. The average Bonchev–Trinajstić information content (AvgIpc) is 3.36. The van der Waals surface area contributed by atoms with Crippen LogP contribution in [0.1, 0.15) is 47.2 Å². The number of fused-ring (bicyclic) bond motifs is 1. The molecule has 2 aromatic carbocycles. The van der Waals surface area contributed by atoms with Gasteiger partial charge in [0.2, 0.25) is 5.13 Å². The molecule has 2 aliphatic heterocycles. The van der Waals surface area contributed by atoms with Crippen molar-refractivity contribution in [2.45, 2.75) is 20.8 Å². The Hall–Kier alpha value is -3.59. The number of amides is 3. The lowest BCUT2D eigenvalue weighted by molar-refractivity contribution is 0.0746. The number of imide groups is 1. The molecule has 0 unspecified atom stereocenters. The van der Waals surface area contributed by atoms with Gasteiger partial charge >= 0.3 is 0 Å². The monoisotopic (exact) mass is 461 g/mol. The standard InChI is InChI=1S/C24H23N5O3S/c1-14-4-5-15(2)20(12-14)29-22(31)18-7-6-17(13-19(18)23(29)32)21(30)27-8-10-28(11-9-27)24-26-25-16(3)33-24/h4-7,12-13H,8-11H2,1-3H3. The molecule has 0 atom stereocenters. The van der Waals surface area contributed by atoms with Crippen LogP contribution >= 0.6 is 11.3 Å². The van der Waals surface area contributed by atoms with Crippen LogP contribution in [0.3, 0.4) is 0 Å². The molecular weight excluding hydrogens is 438 g/mol. The smallest absolute Gasteiger partial charge is 0.266 e. The number of piperazine rings is 1. The van der Waals surface area contributed by atoms with Crippen LogP contribution in [0.4, 0.5) is 10.8 Å². The second-order valence-electron chi connectivity index (χ2n) is 8.38. The molecule has 2 aliphatic rings. The number of rotatable bonds is 3. The second-order valence-corrected chi connectivity index (χ2v) is 9.54. The van der Waals surface area contributed by atoms with Crippen molar-refractivity contribution >= 4 is 39.9 Å². The minimum absolute atomic E-state index is 0.142. The van der Waals surface area contributed by atoms with Crippen molar-refractivity contribution in [3.8, 4) is 0 Å². The number of benzene rings is 2. The third-order valence-corrected chi connectivity index (χ3v) is 6.99. The topological polar surface area (TPSA) is 86.7 Å². The summed E-state index contributed by atoms with van der Waals surface area (Å²) in [4.78, 5) is 44.5. The van der Waals surface area contributed by atoms with E-state index in [9.17, 15) is 14.4 Å². The Balaban J connectivity index is 1.35. The van der Waals surface area contributed by atoms with Gasteiger partial charge in [0.05, 0.1) is 16.8 Å². The first-order chi connectivity index (χ1) is 15.8. The van der Waals surface area contributed by atoms with Gasteiger partial charge < -0.3 is 9.80 Å². The largest absolute Gasteiger partial charge is 0.343 e. The Morgan fingerprint density at radius 3 is 2.30 bits per heavy atom. The van der Waals surface area contributed by atoms with E-state index in [0.29, 0.717) is 43.0 Å². The number of aryl methyl sites for hydroxylation is 3. The van der Waals surface area contributed by atoms with Gasteiger partial charge in [-0.1, -0.05) is 23.5 Å². The number of aromatic nitrogens is 2. The molecule has 3 aromatic rings. The van der Waals surface area contributed by atoms with Gasteiger partial charge in [0.25, 0.3) is 17.7 Å². The molecule has 168 valence electrons. The first-order valence-electron chi connectivity index (χ1n) is 10.8. The van der Waals surface area contributed by atoms with Gasteiger partial charge in [0.15, 0.2) is 0 Å². The molecule has 3 amide bonds. The number of anilines is 2. The van der Waals surface area contributed by atoms with Crippen LogP contribution in [0.2, 0.25) is 0 Å². The molecule has 8 nitrogen and oxygen atoms in total. The number of nitrogens with zero attached hydrogens (tertiary/aromatic N) is 5. The van der Waals surface area contributed by atoms with Crippen LogP contribution in [0.5, 0.6) is 0 Å². The highest BCUT2D eigenvalue weighted by atomic mass is 32.1. The quantitative estimate of drug-likeness (QED) is 0.557. The van der Waals surface area contributed by atoms with E-state index in [1.54, 1.807) is 34.4 Å². The van der Waals surface area contributed by atoms with E-state index in [1.807, 2.05) is 39.0 Å². The summed E-state index contributed by atoms with van der Waals surface area (Å²) in [5.74, 6) is -0.894. The van der Waals surface area contributed by atoms with Crippen molar-refractivity contribution in [1.82, 2.24) is 15.1 Å². The van der Waals surface area contributed by atoms with E-state index in [-0.39, 0.29) is 17.4 Å². The summed E-state index contributed by atoms with van der Waals surface area (Å²) in [6.07, 6.45) is 0. The Labute approximate surface area is 195 Å². The summed E-state index contributed by atoms with van der Waals surface area (Å²) in [7, 11) is 0. The maximum absolute atomic E-state index is 13.2. The lowest BCUT2D eigenvalue weighted by Gasteiger charge is -2.34. The zero-order valence-corrected chi connectivity index (χ0v) is 19.5. The lowest BCUT2D eigenvalue weighted by Crippen LogP contribution is -2.48. The SMILES string of the molecule is Cc1ccc(C)c(N2C(=O)c3ccc(C(=O)N4CCN(c5nnc(C)s5)CC4)cc3C2=O)c1. The summed E-state index contributed by atoms with van der Waals surface area (Å²) in [5.41, 5.74) is 3.40. The molecule has 1 saturated heterocycles. The summed E-state index contributed by atoms with van der Waals surface area (Å²) in [5, 5.41) is 10.0. The van der Waals surface area contributed by atoms with Crippen LogP contribution in [0, 0.1) is 20.8 Å². The van der Waals surface area contributed by atoms with Gasteiger partial charge in [-0.05, 0) is 56.2 Å². The molecule has 0 spiro atoms. The molecule has 0 bridgehead atoms. The highest BCUT2D eigenvalue weighted by molar-refractivity contribution is 7.15. The summed E-state index contributed by atoms with van der Waals surface area (Å²) < 4.78 is 0. The van der Waals surface area contributed by atoms with E-state index in [2.05, 4.69) is 15.1 Å². The number of carbonyl (C=O) groups is 3. The normalized spacial score (nSPS) is 15.9. The zero-order valence-electron chi connectivity index (χ0n) is 18.7. The van der Waals surface area contributed by atoms with Crippen LogP contribution in [0.25, 0.3) is 0 Å². The van der Waals surface area contributed by atoms with Gasteiger partial charge in [0, 0.05) is 31.7 Å². The van der Waals surface area contributed by atoms with Crippen molar-refractivity contribution in [3.63, 3.8) is 0 Å². The third kappa shape index (κ3) is 3.68. The zero-order chi connectivity index (χ0) is 23.3. The van der Waals surface area contributed by atoms with Gasteiger partial charge in [-0.3, -0.25) is 14.4 Å². The molecule has 3 heterocycles. The van der Waals surface area contributed by atoms with Crippen LogP contribution in [-0.2, 0) is 0 Å². The highest BCUT2D eigenvalue weighted by Gasteiger charge is 2.38. The second kappa shape index (κ2) is 8.08. The Bertz CT molecular complexity index is 1290. The first-order valence-corrected chi connectivity index (χ1v) is 11.6. The molecule has 1 aromatic heterocycles. The van der Waals surface area contributed by atoms with Crippen molar-refractivity contribution in [3.05, 3.63) is 69.2 Å². The number of hydrogen-bond donors (Lipinski definition) is 0. The molecule has 1 fully saturated rings. The highest BCUT2D eigenvalue weighted by Crippen LogP contribution is 2.32. The van der Waals surface area contributed by atoms with E-state index in [1.165, 1.54) is 4.90 Å². The fourth-order valence-corrected chi connectivity index (χ4v) is 4.99.